The highest BCUT2D eigenvalue weighted by Gasteiger charge is 2.39. The van der Waals surface area contributed by atoms with Crippen LogP contribution in [-0.2, 0) is 9.59 Å². The molecule has 1 fully saturated rings. The maximum Gasteiger partial charge on any atom is 0.326 e. The van der Waals surface area contributed by atoms with E-state index in [4.69, 9.17) is 21.7 Å². The van der Waals surface area contributed by atoms with E-state index in [0.717, 1.165) is 30.2 Å². The molecule has 1 aromatic carbocycles. The quantitative estimate of drug-likeness (QED) is 0.175. The van der Waals surface area contributed by atoms with Crippen LogP contribution in [0.5, 0.6) is 11.5 Å². The van der Waals surface area contributed by atoms with Crippen LogP contribution in [0.25, 0.3) is 6.08 Å². The second-order valence-electron chi connectivity index (χ2n) is 7.95. The number of thiocarbonyl (C=S) groups is 1. The van der Waals surface area contributed by atoms with Crippen molar-refractivity contribution in [1.29, 1.82) is 0 Å². The Kier molecular flexibility index (Phi) is 11.7. The van der Waals surface area contributed by atoms with Gasteiger partial charge in [0.2, 0.25) is 0 Å². The molecule has 182 valence electrons. The van der Waals surface area contributed by atoms with Crippen LogP contribution in [0.15, 0.2) is 23.1 Å². The van der Waals surface area contributed by atoms with Gasteiger partial charge < -0.3 is 14.6 Å². The summed E-state index contributed by atoms with van der Waals surface area (Å²) in [5.74, 6) is -0.0989. The maximum absolute atomic E-state index is 12.9. The Bertz CT molecular complexity index is 855. The summed E-state index contributed by atoms with van der Waals surface area (Å²) in [4.78, 5) is 26.2. The normalized spacial score (nSPS) is 15.8. The Morgan fingerprint density at radius 2 is 1.82 bits per heavy atom. The average molecular weight is 494 g/mol. The van der Waals surface area contributed by atoms with Gasteiger partial charge in [-0.25, -0.2) is 4.79 Å². The molecule has 1 atom stereocenters. The number of amides is 1. The van der Waals surface area contributed by atoms with Crippen LogP contribution in [0.4, 0.5) is 0 Å². The number of carboxylic acid groups (broad SMARTS) is 1. The largest absolute Gasteiger partial charge is 0.490 e. The highest BCUT2D eigenvalue weighted by atomic mass is 32.2. The molecule has 0 aromatic heterocycles. The minimum atomic E-state index is -1.04. The minimum absolute atomic E-state index is 0.274. The third-order valence-corrected chi connectivity index (χ3v) is 6.63. The molecule has 6 nitrogen and oxygen atoms in total. The zero-order valence-electron chi connectivity index (χ0n) is 19.8. The van der Waals surface area contributed by atoms with E-state index in [9.17, 15) is 14.7 Å². The molecule has 1 N–H and O–H groups in total. The lowest BCUT2D eigenvalue weighted by molar-refractivity contribution is -0.145. The van der Waals surface area contributed by atoms with Crippen molar-refractivity contribution in [2.24, 2.45) is 0 Å². The Morgan fingerprint density at radius 3 is 2.48 bits per heavy atom. The number of nitrogens with zero attached hydrogens (tertiary/aromatic N) is 1. The zero-order chi connectivity index (χ0) is 24.2. The number of hydrogen-bond acceptors (Lipinski definition) is 6. The molecule has 8 heteroatoms. The topological polar surface area (TPSA) is 76.1 Å². The number of hydrogen-bond donors (Lipinski definition) is 1. The third kappa shape index (κ3) is 8.03. The van der Waals surface area contributed by atoms with Crippen LogP contribution in [0.2, 0.25) is 0 Å². The first-order chi connectivity index (χ1) is 15.9. The first-order valence-electron chi connectivity index (χ1n) is 11.8. The van der Waals surface area contributed by atoms with Gasteiger partial charge in [-0.05, 0) is 43.5 Å². The van der Waals surface area contributed by atoms with Gasteiger partial charge in [-0.15, -0.1) is 0 Å². The van der Waals surface area contributed by atoms with E-state index in [2.05, 4.69) is 6.92 Å². The number of rotatable bonds is 15. The summed E-state index contributed by atoms with van der Waals surface area (Å²) in [7, 11) is 0. The molecule has 0 saturated carbocycles. The summed E-state index contributed by atoms with van der Waals surface area (Å²) in [6, 6.07) is 4.62. The predicted octanol–water partition coefficient (Wildman–Crippen LogP) is 6.28. The van der Waals surface area contributed by atoms with Gasteiger partial charge in [0.1, 0.15) is 10.4 Å². The van der Waals surface area contributed by atoms with Crippen LogP contribution in [0.1, 0.15) is 77.7 Å². The van der Waals surface area contributed by atoms with Crippen LogP contribution in [0, 0.1) is 0 Å². The van der Waals surface area contributed by atoms with Crippen molar-refractivity contribution >= 4 is 46.3 Å². The lowest BCUT2D eigenvalue weighted by Crippen LogP contribution is -2.43. The number of carboxylic acids is 1. The molecular weight excluding hydrogens is 458 g/mol. The van der Waals surface area contributed by atoms with E-state index in [-0.39, 0.29) is 10.2 Å². The monoisotopic (exact) mass is 493 g/mol. The lowest BCUT2D eigenvalue weighted by Gasteiger charge is -2.22. The summed E-state index contributed by atoms with van der Waals surface area (Å²) in [6.07, 6.45) is 9.90. The molecule has 0 bridgehead atoms. The van der Waals surface area contributed by atoms with Gasteiger partial charge in [-0.3, -0.25) is 9.69 Å². The van der Waals surface area contributed by atoms with E-state index in [0.29, 0.717) is 42.5 Å². The van der Waals surface area contributed by atoms with Crippen molar-refractivity contribution in [3.8, 4) is 11.5 Å². The van der Waals surface area contributed by atoms with Gasteiger partial charge in [0.15, 0.2) is 11.5 Å². The molecule has 1 aliphatic heterocycles. The van der Waals surface area contributed by atoms with Crippen molar-refractivity contribution < 1.29 is 24.2 Å². The van der Waals surface area contributed by atoms with Gasteiger partial charge in [0.05, 0.1) is 18.1 Å². The number of ether oxygens (including phenoxy) is 2. The van der Waals surface area contributed by atoms with Crippen LogP contribution in [-0.4, -0.2) is 45.5 Å². The molecule has 1 heterocycles. The van der Waals surface area contributed by atoms with Crippen molar-refractivity contribution in [3.05, 3.63) is 28.7 Å². The number of aliphatic carboxylic acids is 1. The molecular formula is C25H35NO5S2. The molecule has 1 aromatic rings. The maximum atomic E-state index is 12.9. The number of carbonyl (C=O) groups is 2. The van der Waals surface area contributed by atoms with Crippen molar-refractivity contribution in [2.45, 2.75) is 78.2 Å². The standard InChI is InChI=1S/C25H35NO5S2/c1-4-7-8-9-10-11-15-31-20-14-13-18(16-21(20)30-6-3)17-22-23(27)26(25(32)33-22)19(12-5-2)24(28)29/h13-14,16-17,19H,4-12,15H2,1-3H3,(H,28,29). The van der Waals surface area contributed by atoms with E-state index in [1.165, 1.54) is 30.6 Å². The summed E-state index contributed by atoms with van der Waals surface area (Å²) in [5.41, 5.74) is 0.772. The van der Waals surface area contributed by atoms with Gasteiger partial charge in [-0.2, -0.15) is 0 Å². The van der Waals surface area contributed by atoms with E-state index in [1.54, 1.807) is 6.08 Å². The SMILES string of the molecule is CCCCCCCCOc1ccc(C=C2SC(=S)N(C(CCC)C(=O)O)C2=O)cc1OCC. The van der Waals surface area contributed by atoms with Crippen LogP contribution in [0.3, 0.4) is 0 Å². The summed E-state index contributed by atoms with van der Waals surface area (Å²) < 4.78 is 12.0. The molecule has 33 heavy (non-hydrogen) atoms. The Labute approximate surface area is 206 Å². The molecule has 1 unspecified atom stereocenters. The number of unbranched alkanes of at least 4 members (excludes halogenated alkanes) is 5. The van der Waals surface area contributed by atoms with Gasteiger partial charge in [0.25, 0.3) is 5.91 Å². The fourth-order valence-electron chi connectivity index (χ4n) is 3.60. The predicted molar refractivity (Wildman–Crippen MR) is 138 cm³/mol. The number of benzene rings is 1. The Balaban J connectivity index is 2.09. The van der Waals surface area contributed by atoms with Gasteiger partial charge in [-0.1, -0.05) is 82.4 Å². The first-order valence-corrected chi connectivity index (χ1v) is 13.0. The van der Waals surface area contributed by atoms with Gasteiger partial charge >= 0.3 is 5.97 Å². The fraction of sp³-hybridized carbons (Fsp3) is 0.560. The van der Waals surface area contributed by atoms with E-state index >= 15 is 0 Å². The van der Waals surface area contributed by atoms with E-state index in [1.807, 2.05) is 32.0 Å². The second kappa shape index (κ2) is 14.3. The number of carbonyl (C=O) groups excluding carboxylic acids is 1. The lowest BCUT2D eigenvalue weighted by atomic mass is 10.1. The summed E-state index contributed by atoms with van der Waals surface area (Å²) >= 11 is 6.45. The molecule has 1 aliphatic rings. The molecule has 1 saturated heterocycles. The number of thioether (sulfide) groups is 1. The molecule has 0 aliphatic carbocycles. The molecule has 1 amide bonds. The zero-order valence-corrected chi connectivity index (χ0v) is 21.4. The highest BCUT2D eigenvalue weighted by Crippen LogP contribution is 2.36. The average Bonchev–Trinajstić information content (AvgIpc) is 3.05. The molecule has 0 radical (unpaired) electrons. The van der Waals surface area contributed by atoms with Crippen LogP contribution >= 0.6 is 24.0 Å². The summed E-state index contributed by atoms with van der Waals surface area (Å²) in [6.45, 7) is 7.14. The van der Waals surface area contributed by atoms with Gasteiger partial charge in [0, 0.05) is 0 Å². The Hall–Kier alpha value is -2.06. The molecule has 2 rings (SSSR count). The molecule has 0 spiro atoms. The van der Waals surface area contributed by atoms with Crippen molar-refractivity contribution in [2.75, 3.05) is 13.2 Å². The Morgan fingerprint density at radius 1 is 1.09 bits per heavy atom. The summed E-state index contributed by atoms with van der Waals surface area (Å²) in [5, 5.41) is 9.53. The fourth-order valence-corrected chi connectivity index (χ4v) is 4.96. The third-order valence-electron chi connectivity index (χ3n) is 5.30. The van der Waals surface area contributed by atoms with Crippen molar-refractivity contribution in [3.63, 3.8) is 0 Å². The minimum Gasteiger partial charge on any atom is -0.490 e. The van der Waals surface area contributed by atoms with E-state index < -0.39 is 12.0 Å². The van der Waals surface area contributed by atoms with Crippen molar-refractivity contribution in [1.82, 2.24) is 4.90 Å². The smallest absolute Gasteiger partial charge is 0.326 e. The second-order valence-corrected chi connectivity index (χ2v) is 9.63. The highest BCUT2D eigenvalue weighted by molar-refractivity contribution is 8.26. The first kappa shape index (κ1) is 27.2. The van der Waals surface area contributed by atoms with Crippen LogP contribution < -0.4 is 9.47 Å².